The van der Waals surface area contributed by atoms with E-state index in [1.54, 1.807) is 0 Å². The lowest BCUT2D eigenvalue weighted by Crippen LogP contribution is -2.45. The van der Waals surface area contributed by atoms with Crippen molar-refractivity contribution in [2.24, 2.45) is 5.41 Å². The number of carbonyl (C=O) groups excluding carboxylic acids is 2. The van der Waals surface area contributed by atoms with Crippen LogP contribution in [0, 0.1) is 5.41 Å². The van der Waals surface area contributed by atoms with E-state index in [0.29, 0.717) is 6.42 Å². The van der Waals surface area contributed by atoms with Crippen LogP contribution in [0.1, 0.15) is 65.7 Å². The van der Waals surface area contributed by atoms with Crippen LogP contribution in [-0.2, 0) is 14.3 Å². The van der Waals surface area contributed by atoms with Crippen LogP contribution in [0.2, 0.25) is 0 Å². The summed E-state index contributed by atoms with van der Waals surface area (Å²) < 4.78 is 11.1. The summed E-state index contributed by atoms with van der Waals surface area (Å²) in [6.45, 7) is 9.70. The van der Waals surface area contributed by atoms with Crippen molar-refractivity contribution < 1.29 is 19.1 Å². The molecule has 148 valence electrons. The van der Waals surface area contributed by atoms with Gasteiger partial charge in [-0.25, -0.2) is 4.79 Å². The van der Waals surface area contributed by atoms with E-state index in [-0.39, 0.29) is 23.5 Å². The smallest absolute Gasteiger partial charge is 0.410 e. The van der Waals surface area contributed by atoms with Crippen LogP contribution in [0.25, 0.3) is 0 Å². The maximum Gasteiger partial charge on any atom is 0.410 e. The van der Waals surface area contributed by atoms with Crippen LogP contribution in [-0.4, -0.2) is 66.3 Å². The molecule has 0 aromatic carbocycles. The fourth-order valence-electron chi connectivity index (χ4n) is 4.37. The van der Waals surface area contributed by atoms with Crippen molar-refractivity contribution >= 4 is 12.0 Å². The number of likely N-dealkylation sites (tertiary alicyclic amines) is 2. The van der Waals surface area contributed by atoms with Gasteiger partial charge in [0.25, 0.3) is 0 Å². The first-order valence-corrected chi connectivity index (χ1v) is 10.1. The average Bonchev–Trinajstić information content (AvgIpc) is 3.22. The Morgan fingerprint density at radius 1 is 1.12 bits per heavy atom. The van der Waals surface area contributed by atoms with Crippen molar-refractivity contribution in [3.8, 4) is 0 Å². The van der Waals surface area contributed by atoms with Crippen LogP contribution >= 0.6 is 0 Å². The lowest BCUT2D eigenvalue weighted by Gasteiger charge is -2.39. The Morgan fingerprint density at radius 2 is 1.77 bits per heavy atom. The van der Waals surface area contributed by atoms with Gasteiger partial charge in [-0.3, -0.25) is 4.79 Å². The topological polar surface area (TPSA) is 59.1 Å². The highest BCUT2D eigenvalue weighted by atomic mass is 16.6. The minimum atomic E-state index is -0.453. The Kier molecular flexibility index (Phi) is 5.80. The fraction of sp³-hybridized carbons (Fsp3) is 0.900. The first kappa shape index (κ1) is 19.5. The van der Waals surface area contributed by atoms with E-state index in [4.69, 9.17) is 9.47 Å². The van der Waals surface area contributed by atoms with Crippen molar-refractivity contribution in [1.29, 1.82) is 0 Å². The minimum absolute atomic E-state index is 0.169. The summed E-state index contributed by atoms with van der Waals surface area (Å²) in [6.07, 6.45) is 6.74. The molecule has 0 bridgehead atoms. The lowest BCUT2D eigenvalue weighted by atomic mass is 9.77. The average molecular weight is 367 g/mol. The number of hydrogen-bond donors (Lipinski definition) is 0. The summed E-state index contributed by atoms with van der Waals surface area (Å²) in [5.41, 5.74) is -0.284. The molecule has 6 nitrogen and oxygen atoms in total. The van der Waals surface area contributed by atoms with E-state index >= 15 is 0 Å². The van der Waals surface area contributed by atoms with Gasteiger partial charge in [-0.2, -0.15) is 0 Å². The number of hydrogen-bond acceptors (Lipinski definition) is 4. The molecule has 0 radical (unpaired) electrons. The van der Waals surface area contributed by atoms with Gasteiger partial charge in [0.1, 0.15) is 5.60 Å². The van der Waals surface area contributed by atoms with Gasteiger partial charge in [-0.05, 0) is 64.7 Å². The molecule has 0 aliphatic carbocycles. The van der Waals surface area contributed by atoms with Crippen molar-refractivity contribution in [3.05, 3.63) is 0 Å². The Labute approximate surface area is 157 Å². The van der Waals surface area contributed by atoms with Crippen LogP contribution in [0.4, 0.5) is 4.79 Å². The molecule has 1 spiro atoms. The number of ether oxygens (including phenoxy) is 2. The second kappa shape index (κ2) is 7.75. The first-order valence-electron chi connectivity index (χ1n) is 10.1. The van der Waals surface area contributed by atoms with E-state index in [1.165, 1.54) is 0 Å². The van der Waals surface area contributed by atoms with E-state index in [2.05, 4.69) is 0 Å². The Morgan fingerprint density at radius 3 is 2.35 bits per heavy atom. The molecule has 2 amide bonds. The molecule has 3 saturated heterocycles. The predicted molar refractivity (Wildman–Crippen MR) is 98.9 cm³/mol. The number of amides is 2. The van der Waals surface area contributed by atoms with Gasteiger partial charge in [0.05, 0.1) is 6.10 Å². The second-order valence-electron chi connectivity index (χ2n) is 9.21. The van der Waals surface area contributed by atoms with Crippen LogP contribution in [0.15, 0.2) is 0 Å². The molecule has 0 N–H and O–H groups in total. The highest BCUT2D eigenvalue weighted by molar-refractivity contribution is 5.76. The predicted octanol–water partition coefficient (Wildman–Crippen LogP) is 3.20. The summed E-state index contributed by atoms with van der Waals surface area (Å²) in [5, 5.41) is 0. The molecule has 26 heavy (non-hydrogen) atoms. The van der Waals surface area contributed by atoms with Gasteiger partial charge < -0.3 is 19.3 Å². The van der Waals surface area contributed by atoms with Gasteiger partial charge in [0.15, 0.2) is 0 Å². The molecule has 3 aliphatic rings. The maximum absolute atomic E-state index is 12.5. The van der Waals surface area contributed by atoms with Crippen LogP contribution in [0.5, 0.6) is 0 Å². The van der Waals surface area contributed by atoms with E-state index in [9.17, 15) is 9.59 Å². The lowest BCUT2D eigenvalue weighted by molar-refractivity contribution is -0.134. The monoisotopic (exact) mass is 366 g/mol. The molecule has 3 fully saturated rings. The molecule has 1 atom stereocenters. The summed E-state index contributed by atoms with van der Waals surface area (Å²) in [5.74, 6) is 0.261. The molecule has 3 rings (SSSR count). The highest BCUT2D eigenvalue weighted by Gasteiger charge is 2.43. The molecule has 3 heterocycles. The minimum Gasteiger partial charge on any atom is -0.444 e. The van der Waals surface area contributed by atoms with Gasteiger partial charge in [-0.1, -0.05) is 0 Å². The maximum atomic E-state index is 12.5. The molecule has 3 aliphatic heterocycles. The number of rotatable bonds is 3. The zero-order valence-electron chi connectivity index (χ0n) is 16.6. The first-order chi connectivity index (χ1) is 12.3. The van der Waals surface area contributed by atoms with Crippen LogP contribution < -0.4 is 0 Å². The fourth-order valence-corrected chi connectivity index (χ4v) is 4.37. The van der Waals surface area contributed by atoms with Gasteiger partial charge in [0, 0.05) is 39.2 Å². The third kappa shape index (κ3) is 4.90. The third-order valence-electron chi connectivity index (χ3n) is 5.97. The quantitative estimate of drug-likeness (QED) is 0.770. The molecular weight excluding hydrogens is 332 g/mol. The summed E-state index contributed by atoms with van der Waals surface area (Å²) in [7, 11) is 0. The number of carbonyl (C=O) groups is 2. The van der Waals surface area contributed by atoms with E-state index in [0.717, 1.165) is 71.3 Å². The summed E-state index contributed by atoms with van der Waals surface area (Å²) in [4.78, 5) is 28.6. The molecule has 1 unspecified atom stereocenters. The normalized spacial score (nSPS) is 25.7. The van der Waals surface area contributed by atoms with Gasteiger partial charge in [-0.15, -0.1) is 0 Å². The standard InChI is InChI=1S/C20H34N2O4/c1-19(2,3)26-18(24)22-13-10-20(15-22)8-11-21(12-9-20)17(23)7-6-16-5-4-14-25-16/h16H,4-15H2,1-3H3. The van der Waals surface area contributed by atoms with Crippen molar-refractivity contribution in [1.82, 2.24) is 9.80 Å². The molecule has 0 saturated carbocycles. The Balaban J connectivity index is 1.43. The number of nitrogens with zero attached hydrogens (tertiary/aromatic N) is 2. The van der Waals surface area contributed by atoms with Gasteiger partial charge in [0.2, 0.25) is 5.91 Å². The van der Waals surface area contributed by atoms with Crippen molar-refractivity contribution in [2.75, 3.05) is 32.8 Å². The Bertz CT molecular complexity index is 514. The van der Waals surface area contributed by atoms with E-state index in [1.807, 2.05) is 30.6 Å². The van der Waals surface area contributed by atoms with E-state index < -0.39 is 5.60 Å². The number of piperidine rings is 1. The highest BCUT2D eigenvalue weighted by Crippen LogP contribution is 2.41. The zero-order chi connectivity index (χ0) is 18.8. The summed E-state index contributed by atoms with van der Waals surface area (Å²) in [6, 6.07) is 0. The molecule has 6 heteroatoms. The largest absolute Gasteiger partial charge is 0.444 e. The van der Waals surface area contributed by atoms with Crippen molar-refractivity contribution in [2.45, 2.75) is 77.4 Å². The SMILES string of the molecule is CC(C)(C)OC(=O)N1CCC2(CCN(C(=O)CCC3CCCO3)CC2)C1. The van der Waals surface area contributed by atoms with Crippen LogP contribution in [0.3, 0.4) is 0 Å². The van der Waals surface area contributed by atoms with Crippen molar-refractivity contribution in [3.63, 3.8) is 0 Å². The second-order valence-corrected chi connectivity index (χ2v) is 9.21. The molecule has 0 aromatic heterocycles. The third-order valence-corrected chi connectivity index (χ3v) is 5.97. The Hall–Kier alpha value is -1.30. The van der Waals surface area contributed by atoms with Gasteiger partial charge >= 0.3 is 6.09 Å². The molecular formula is C20H34N2O4. The molecule has 0 aromatic rings. The summed E-state index contributed by atoms with van der Waals surface area (Å²) >= 11 is 0. The zero-order valence-corrected chi connectivity index (χ0v) is 16.6.